The topological polar surface area (TPSA) is 101 Å². The summed E-state index contributed by atoms with van der Waals surface area (Å²) in [6.45, 7) is 18.2. The van der Waals surface area contributed by atoms with Crippen molar-refractivity contribution in [3.63, 3.8) is 0 Å². The van der Waals surface area contributed by atoms with Gasteiger partial charge in [0.15, 0.2) is 5.58 Å². The number of aromatic nitrogens is 2. The van der Waals surface area contributed by atoms with Gasteiger partial charge in [0.05, 0.1) is 23.1 Å². The minimum absolute atomic E-state index is 0.247. The van der Waals surface area contributed by atoms with Crippen LogP contribution in [0.15, 0.2) is 77.9 Å². The van der Waals surface area contributed by atoms with Crippen molar-refractivity contribution >= 4 is 28.6 Å². The third kappa shape index (κ3) is 7.24. The first kappa shape index (κ1) is 34.4. The van der Waals surface area contributed by atoms with Gasteiger partial charge in [0.2, 0.25) is 5.89 Å². The van der Waals surface area contributed by atoms with Crippen LogP contribution in [0.1, 0.15) is 65.8 Å². The molecule has 0 spiro atoms. The fourth-order valence-corrected chi connectivity index (χ4v) is 7.64. The maximum atomic E-state index is 10.0. The first-order chi connectivity index (χ1) is 24.7. The Labute approximate surface area is 300 Å². The van der Waals surface area contributed by atoms with Crippen LogP contribution in [0, 0.1) is 31.1 Å². The van der Waals surface area contributed by atoms with Crippen molar-refractivity contribution in [2.75, 3.05) is 31.5 Å². The number of hydrogen-bond acceptors (Lipinski definition) is 8. The molecule has 0 bridgehead atoms. The number of benzene rings is 3. The smallest absolute Gasteiger partial charge is 0.227 e. The van der Waals surface area contributed by atoms with Gasteiger partial charge in [-0.2, -0.15) is 5.26 Å². The first-order valence-electron chi connectivity index (χ1n) is 17.9. The fourth-order valence-electron chi connectivity index (χ4n) is 7.64. The number of rotatable bonds is 10. The number of nitrogens with one attached hydrogen (secondary N) is 1. The SMILES string of the molecule is C=C(Nc1cccc(-c2cccc(-c3nc4cc(CN5CCC(C)C5)cc(C#N)c4o3)c2C)c1C)c1ncc(CN2CCC(O)C2)cc1/C=C\C. The van der Waals surface area contributed by atoms with Crippen LogP contribution in [0.25, 0.3) is 45.5 Å². The Bertz CT molecular complexity index is 2180. The Morgan fingerprint density at radius 1 is 1.00 bits per heavy atom. The van der Waals surface area contributed by atoms with Crippen molar-refractivity contribution in [1.82, 2.24) is 19.8 Å². The van der Waals surface area contributed by atoms with Crippen molar-refractivity contribution in [2.24, 2.45) is 5.92 Å². The number of β-amino-alcohol motifs (C(OH)–C–C–N with tert-alkyl or cyclic N) is 1. The van der Waals surface area contributed by atoms with Crippen LogP contribution < -0.4 is 5.32 Å². The first-order valence-corrected chi connectivity index (χ1v) is 17.9. The monoisotopic (exact) mass is 678 g/mol. The minimum atomic E-state index is -0.247. The number of hydrogen-bond donors (Lipinski definition) is 2. The van der Waals surface area contributed by atoms with Crippen LogP contribution >= 0.6 is 0 Å². The quantitative estimate of drug-likeness (QED) is 0.152. The zero-order valence-electron chi connectivity index (χ0n) is 30.0. The molecule has 2 N–H and O–H groups in total. The number of likely N-dealkylation sites (tertiary alicyclic amines) is 2. The van der Waals surface area contributed by atoms with Gasteiger partial charge in [0.25, 0.3) is 0 Å². The Morgan fingerprint density at radius 2 is 1.73 bits per heavy atom. The summed E-state index contributed by atoms with van der Waals surface area (Å²) in [4.78, 5) is 14.5. The third-order valence-corrected chi connectivity index (χ3v) is 10.3. The number of oxazole rings is 1. The van der Waals surface area contributed by atoms with Gasteiger partial charge in [-0.3, -0.25) is 14.8 Å². The van der Waals surface area contributed by atoms with E-state index >= 15 is 0 Å². The highest BCUT2D eigenvalue weighted by molar-refractivity contribution is 5.87. The van der Waals surface area contributed by atoms with Gasteiger partial charge in [-0.15, -0.1) is 0 Å². The van der Waals surface area contributed by atoms with E-state index in [0.717, 1.165) is 101 Å². The maximum Gasteiger partial charge on any atom is 0.227 e. The highest BCUT2D eigenvalue weighted by Crippen LogP contribution is 2.37. The van der Waals surface area contributed by atoms with Gasteiger partial charge in [0.1, 0.15) is 11.6 Å². The molecule has 260 valence electrons. The lowest BCUT2D eigenvalue weighted by Gasteiger charge is -2.19. The number of allylic oxidation sites excluding steroid dienone is 1. The number of nitriles is 1. The van der Waals surface area contributed by atoms with E-state index < -0.39 is 0 Å². The highest BCUT2D eigenvalue weighted by atomic mass is 16.3. The van der Waals surface area contributed by atoms with Crippen molar-refractivity contribution in [3.8, 4) is 28.7 Å². The van der Waals surface area contributed by atoms with Crippen molar-refractivity contribution in [1.29, 1.82) is 5.26 Å². The zero-order chi connectivity index (χ0) is 35.6. The number of aliphatic hydroxyl groups is 1. The number of fused-ring (bicyclic) bond motifs is 1. The molecule has 2 saturated heterocycles. The maximum absolute atomic E-state index is 10.0. The Hall–Kier alpha value is -5.07. The van der Waals surface area contributed by atoms with E-state index in [9.17, 15) is 10.4 Å². The van der Waals surface area contributed by atoms with Gasteiger partial charge in [-0.1, -0.05) is 49.9 Å². The summed E-state index contributed by atoms with van der Waals surface area (Å²) in [7, 11) is 0. The molecular formula is C43H46N6O2. The number of nitrogens with zero attached hydrogens (tertiary/aromatic N) is 5. The molecule has 0 radical (unpaired) electrons. The van der Waals surface area contributed by atoms with E-state index in [2.05, 4.69) is 91.0 Å². The van der Waals surface area contributed by atoms with E-state index in [4.69, 9.17) is 14.4 Å². The van der Waals surface area contributed by atoms with Crippen LogP contribution in [-0.2, 0) is 13.1 Å². The standard InChI is InChI=1S/C43H46N6O2/c1-6-9-33-19-32(25-49-17-15-35(50)26-49)22-45-41(33)30(5)46-39-13-8-11-37(29(39)4)36-10-7-12-38(28(36)3)43-47-40-20-31(18-34(21-44)42(40)51-43)24-48-16-14-27(2)23-48/h6-13,18-20,22,27,35,46,50H,5,14-17,23-26H2,1-4H3/b9-6-. The molecule has 2 unspecified atom stereocenters. The van der Waals surface area contributed by atoms with Gasteiger partial charge < -0.3 is 14.8 Å². The normalized spacial score (nSPS) is 18.2. The Balaban J connectivity index is 1.15. The van der Waals surface area contributed by atoms with E-state index in [0.29, 0.717) is 35.0 Å². The van der Waals surface area contributed by atoms with E-state index in [1.165, 1.54) is 6.42 Å². The lowest BCUT2D eigenvalue weighted by Crippen LogP contribution is -2.21. The predicted octanol–water partition coefficient (Wildman–Crippen LogP) is 8.57. The van der Waals surface area contributed by atoms with Crippen LogP contribution in [-0.4, -0.2) is 57.2 Å². The lowest BCUT2D eigenvalue weighted by molar-refractivity contribution is 0.174. The molecule has 4 heterocycles. The van der Waals surface area contributed by atoms with Gasteiger partial charge in [-0.05, 0) is 110 Å². The molecule has 3 aromatic carbocycles. The summed E-state index contributed by atoms with van der Waals surface area (Å²) in [5.74, 6) is 1.21. The number of anilines is 1. The summed E-state index contributed by atoms with van der Waals surface area (Å²) in [5.41, 5.74) is 12.6. The largest absolute Gasteiger partial charge is 0.435 e. The predicted molar refractivity (Wildman–Crippen MR) is 206 cm³/mol. The van der Waals surface area contributed by atoms with Crippen LogP contribution in [0.5, 0.6) is 0 Å². The summed E-state index contributed by atoms with van der Waals surface area (Å²) in [5, 5.41) is 23.5. The van der Waals surface area contributed by atoms with E-state index in [-0.39, 0.29) is 6.10 Å². The molecule has 7 rings (SSSR count). The summed E-state index contributed by atoms with van der Waals surface area (Å²) in [6.07, 6.45) is 7.77. The molecular weight excluding hydrogens is 633 g/mol. The third-order valence-electron chi connectivity index (χ3n) is 10.3. The number of aliphatic hydroxyl groups excluding tert-OH is 1. The second-order valence-corrected chi connectivity index (χ2v) is 14.3. The average Bonchev–Trinajstić information content (AvgIpc) is 3.85. The molecule has 2 fully saturated rings. The lowest BCUT2D eigenvalue weighted by atomic mass is 9.92. The van der Waals surface area contributed by atoms with Crippen LogP contribution in [0.3, 0.4) is 0 Å². The fraction of sp³-hybridized carbons (Fsp3) is 0.326. The summed E-state index contributed by atoms with van der Waals surface area (Å²) in [6, 6.07) is 21.0. The van der Waals surface area contributed by atoms with Crippen LogP contribution in [0.4, 0.5) is 5.69 Å². The van der Waals surface area contributed by atoms with Crippen molar-refractivity contribution in [2.45, 2.75) is 59.7 Å². The molecule has 5 aromatic rings. The molecule has 0 saturated carbocycles. The van der Waals surface area contributed by atoms with Gasteiger partial charge in [0, 0.05) is 55.7 Å². The molecule has 0 aliphatic carbocycles. The van der Waals surface area contributed by atoms with Crippen LogP contribution in [0.2, 0.25) is 0 Å². The molecule has 2 atom stereocenters. The highest BCUT2D eigenvalue weighted by Gasteiger charge is 2.23. The van der Waals surface area contributed by atoms with Gasteiger partial charge in [-0.25, -0.2) is 4.98 Å². The summed E-state index contributed by atoms with van der Waals surface area (Å²) < 4.78 is 6.33. The second kappa shape index (κ2) is 14.7. The molecule has 2 aliphatic heterocycles. The molecule has 2 aliphatic rings. The minimum Gasteiger partial charge on any atom is -0.435 e. The zero-order valence-corrected chi connectivity index (χ0v) is 30.0. The Morgan fingerprint density at radius 3 is 2.45 bits per heavy atom. The molecule has 8 heteroatoms. The second-order valence-electron chi connectivity index (χ2n) is 14.3. The molecule has 0 amide bonds. The molecule has 8 nitrogen and oxygen atoms in total. The Kier molecular flexibility index (Phi) is 9.88. The van der Waals surface area contributed by atoms with Crippen molar-refractivity contribution < 1.29 is 9.52 Å². The molecule has 51 heavy (non-hydrogen) atoms. The number of pyridine rings is 1. The average molecular weight is 679 g/mol. The van der Waals surface area contributed by atoms with Crippen molar-refractivity contribution in [3.05, 3.63) is 113 Å². The van der Waals surface area contributed by atoms with E-state index in [1.807, 2.05) is 37.4 Å². The van der Waals surface area contributed by atoms with Gasteiger partial charge >= 0.3 is 0 Å². The molecule has 2 aromatic heterocycles. The van der Waals surface area contributed by atoms with E-state index in [1.54, 1.807) is 0 Å². The summed E-state index contributed by atoms with van der Waals surface area (Å²) >= 11 is 0.